The van der Waals surface area contributed by atoms with Crippen molar-refractivity contribution in [2.75, 3.05) is 39.3 Å². The highest BCUT2D eigenvalue weighted by Gasteiger charge is 2.24. The number of aliphatic hydroxyl groups is 1. The van der Waals surface area contributed by atoms with E-state index >= 15 is 0 Å². The largest absolute Gasteiger partial charge is 0.383 e. The molecule has 2 heterocycles. The van der Waals surface area contributed by atoms with Crippen LogP contribution in [-0.4, -0.2) is 65.0 Å². The predicted octanol–water partition coefficient (Wildman–Crippen LogP) is 1.55. The van der Waals surface area contributed by atoms with Crippen LogP contribution in [0.5, 0.6) is 0 Å². The van der Waals surface area contributed by atoms with E-state index in [1.807, 2.05) is 20.2 Å². The van der Waals surface area contributed by atoms with Crippen molar-refractivity contribution < 1.29 is 5.11 Å². The van der Waals surface area contributed by atoms with Gasteiger partial charge in [0.1, 0.15) is 5.60 Å². The van der Waals surface area contributed by atoms with Crippen LogP contribution in [0.25, 0.3) is 0 Å². The number of hydrogen-bond acceptors (Lipinski definition) is 4. The van der Waals surface area contributed by atoms with Gasteiger partial charge < -0.3 is 20.6 Å². The molecule has 7 heteroatoms. The lowest BCUT2D eigenvalue weighted by molar-refractivity contribution is 0.0672. The van der Waals surface area contributed by atoms with E-state index in [0.717, 1.165) is 49.4 Å². The lowest BCUT2D eigenvalue weighted by Crippen LogP contribution is -2.42. The third kappa shape index (κ3) is 7.14. The van der Waals surface area contributed by atoms with Gasteiger partial charge in [0.15, 0.2) is 5.96 Å². The molecule has 1 aliphatic rings. The van der Waals surface area contributed by atoms with Gasteiger partial charge in [-0.25, -0.2) is 4.99 Å². The van der Waals surface area contributed by atoms with Gasteiger partial charge in [-0.2, -0.15) is 5.10 Å². The summed E-state index contributed by atoms with van der Waals surface area (Å²) in [6, 6.07) is 0. The fourth-order valence-corrected chi connectivity index (χ4v) is 3.85. The molecule has 3 N–H and O–H groups in total. The van der Waals surface area contributed by atoms with Crippen LogP contribution in [0.1, 0.15) is 46.1 Å². The zero-order valence-electron chi connectivity index (χ0n) is 17.7. The molecule has 1 saturated heterocycles. The Balaban J connectivity index is 1.79. The van der Waals surface area contributed by atoms with E-state index in [-0.39, 0.29) is 6.54 Å². The summed E-state index contributed by atoms with van der Waals surface area (Å²) in [4.78, 5) is 7.15. The molecule has 0 saturated carbocycles. The van der Waals surface area contributed by atoms with E-state index in [1.54, 1.807) is 17.8 Å². The Labute approximate surface area is 164 Å². The van der Waals surface area contributed by atoms with Crippen molar-refractivity contribution in [3.05, 3.63) is 18.0 Å². The number of aromatic nitrogens is 2. The van der Waals surface area contributed by atoms with Crippen molar-refractivity contribution in [2.45, 2.75) is 46.1 Å². The van der Waals surface area contributed by atoms with Gasteiger partial charge in [0, 0.05) is 45.0 Å². The number of aliphatic imine (C=N–C) groups is 1. The van der Waals surface area contributed by atoms with E-state index in [1.165, 1.54) is 19.5 Å². The third-order valence-corrected chi connectivity index (χ3v) is 5.10. The van der Waals surface area contributed by atoms with E-state index in [9.17, 15) is 5.11 Å². The minimum Gasteiger partial charge on any atom is -0.383 e. The molecule has 3 atom stereocenters. The Bertz CT molecular complexity index is 587. The van der Waals surface area contributed by atoms with Crippen molar-refractivity contribution in [1.29, 1.82) is 0 Å². The molecule has 7 nitrogen and oxygen atoms in total. The smallest absolute Gasteiger partial charge is 0.191 e. The summed E-state index contributed by atoms with van der Waals surface area (Å²) in [7, 11) is 1.85. The van der Waals surface area contributed by atoms with Crippen molar-refractivity contribution in [1.82, 2.24) is 25.3 Å². The summed E-state index contributed by atoms with van der Waals surface area (Å²) < 4.78 is 1.69. The SMILES string of the molecule is CCNC(=NCC(C)(O)c1cnn(C)c1)NCCCN1CC(C)CC(C)C1. The number of guanidine groups is 1. The minimum atomic E-state index is -1.03. The average molecular weight is 379 g/mol. The van der Waals surface area contributed by atoms with E-state index in [0.29, 0.717) is 0 Å². The number of likely N-dealkylation sites (tertiary alicyclic amines) is 1. The number of hydrogen-bond donors (Lipinski definition) is 3. The minimum absolute atomic E-state index is 0.287. The molecule has 154 valence electrons. The van der Waals surface area contributed by atoms with Crippen LogP contribution in [-0.2, 0) is 12.6 Å². The summed E-state index contributed by atoms with van der Waals surface area (Å²) in [6.45, 7) is 14.0. The van der Waals surface area contributed by atoms with Crippen molar-refractivity contribution in [3.8, 4) is 0 Å². The van der Waals surface area contributed by atoms with Crippen molar-refractivity contribution in [2.24, 2.45) is 23.9 Å². The molecule has 3 unspecified atom stereocenters. The summed E-state index contributed by atoms with van der Waals surface area (Å²) in [5.74, 6) is 2.35. The fourth-order valence-electron chi connectivity index (χ4n) is 3.85. The number of aryl methyl sites for hydroxylation is 1. The highest BCUT2D eigenvalue weighted by Crippen LogP contribution is 2.21. The monoisotopic (exact) mass is 378 g/mol. The lowest BCUT2D eigenvalue weighted by atomic mass is 9.92. The second kappa shape index (κ2) is 10.1. The summed E-state index contributed by atoms with van der Waals surface area (Å²) >= 11 is 0. The molecule has 0 bridgehead atoms. The van der Waals surface area contributed by atoms with Gasteiger partial charge in [-0.15, -0.1) is 0 Å². The number of nitrogens with zero attached hydrogens (tertiary/aromatic N) is 4. The maximum Gasteiger partial charge on any atom is 0.191 e. The molecule has 0 spiro atoms. The Morgan fingerprint density at radius 2 is 2.04 bits per heavy atom. The highest BCUT2D eigenvalue weighted by molar-refractivity contribution is 5.79. The van der Waals surface area contributed by atoms with Crippen LogP contribution >= 0.6 is 0 Å². The number of nitrogens with one attached hydrogen (secondary N) is 2. The third-order valence-electron chi connectivity index (χ3n) is 5.10. The van der Waals surface area contributed by atoms with Gasteiger partial charge in [0.2, 0.25) is 0 Å². The Hall–Kier alpha value is -1.60. The lowest BCUT2D eigenvalue weighted by Gasteiger charge is -2.35. The first kappa shape index (κ1) is 21.7. The van der Waals surface area contributed by atoms with Crippen LogP contribution in [0.4, 0.5) is 0 Å². The Kier molecular flexibility index (Phi) is 8.10. The van der Waals surface area contributed by atoms with Crippen LogP contribution in [0, 0.1) is 11.8 Å². The van der Waals surface area contributed by atoms with Crippen LogP contribution < -0.4 is 10.6 Å². The predicted molar refractivity (Wildman–Crippen MR) is 111 cm³/mol. The first-order valence-corrected chi connectivity index (χ1v) is 10.3. The quantitative estimate of drug-likeness (QED) is 0.363. The second-order valence-corrected chi connectivity index (χ2v) is 8.36. The topological polar surface area (TPSA) is 77.7 Å². The standard InChI is InChI=1S/C20H38N6O/c1-6-21-19(23-15-20(4,27)18-11-24-25(5)14-18)22-8-7-9-26-12-16(2)10-17(3)13-26/h11,14,16-17,27H,6-10,12-13,15H2,1-5H3,(H2,21,22,23). The van der Waals surface area contributed by atoms with Gasteiger partial charge in [-0.05, 0) is 45.1 Å². The van der Waals surface area contributed by atoms with Gasteiger partial charge in [0.25, 0.3) is 0 Å². The number of piperidine rings is 1. The van der Waals surface area contributed by atoms with Crippen molar-refractivity contribution >= 4 is 5.96 Å². The van der Waals surface area contributed by atoms with Crippen LogP contribution in [0.3, 0.4) is 0 Å². The van der Waals surface area contributed by atoms with Gasteiger partial charge in [-0.3, -0.25) is 4.68 Å². The summed E-state index contributed by atoms with van der Waals surface area (Å²) in [5.41, 5.74) is -0.255. The van der Waals surface area contributed by atoms with Gasteiger partial charge in [0.05, 0.1) is 12.7 Å². The molecule has 27 heavy (non-hydrogen) atoms. The second-order valence-electron chi connectivity index (χ2n) is 8.36. The molecule has 1 aliphatic heterocycles. The van der Waals surface area contributed by atoms with Crippen molar-refractivity contribution in [3.63, 3.8) is 0 Å². The summed E-state index contributed by atoms with van der Waals surface area (Å²) in [6.07, 6.45) is 5.96. The molecule has 0 amide bonds. The normalized spacial score (nSPS) is 23.9. The molecule has 2 rings (SSSR count). The molecular formula is C20H38N6O. The van der Waals surface area contributed by atoms with E-state index < -0.39 is 5.60 Å². The summed E-state index contributed by atoms with van der Waals surface area (Å²) in [5, 5.41) is 21.5. The Morgan fingerprint density at radius 3 is 2.63 bits per heavy atom. The Morgan fingerprint density at radius 1 is 1.33 bits per heavy atom. The zero-order chi connectivity index (χ0) is 19.9. The molecule has 1 fully saturated rings. The fraction of sp³-hybridized carbons (Fsp3) is 0.800. The van der Waals surface area contributed by atoms with Gasteiger partial charge >= 0.3 is 0 Å². The molecule has 0 aliphatic carbocycles. The first-order chi connectivity index (χ1) is 12.8. The van der Waals surface area contributed by atoms with E-state index in [2.05, 4.69) is 39.5 Å². The van der Waals surface area contributed by atoms with Crippen LogP contribution in [0.15, 0.2) is 17.4 Å². The molecule has 0 radical (unpaired) electrons. The average Bonchev–Trinajstić information content (AvgIpc) is 3.03. The van der Waals surface area contributed by atoms with Gasteiger partial charge in [-0.1, -0.05) is 13.8 Å². The first-order valence-electron chi connectivity index (χ1n) is 10.3. The van der Waals surface area contributed by atoms with Crippen LogP contribution in [0.2, 0.25) is 0 Å². The molecular weight excluding hydrogens is 340 g/mol. The molecule has 1 aromatic rings. The number of rotatable bonds is 8. The molecule has 0 aromatic carbocycles. The molecule has 1 aromatic heterocycles. The maximum absolute atomic E-state index is 10.7. The highest BCUT2D eigenvalue weighted by atomic mass is 16.3. The zero-order valence-corrected chi connectivity index (χ0v) is 17.7. The van der Waals surface area contributed by atoms with E-state index in [4.69, 9.17) is 0 Å². The maximum atomic E-state index is 10.7.